The molecular formula is C13H18N4O. The van der Waals surface area contributed by atoms with Gasteiger partial charge in [0.05, 0.1) is 6.54 Å². The van der Waals surface area contributed by atoms with Gasteiger partial charge in [0.2, 0.25) is 11.7 Å². The standard InChI is InChI=1S/C13H18N4O/c1-17(9-5-8-14)10-12-15-13(16-18-12)11-6-3-2-4-7-11/h2-4,6-7H,5,8-10,14H2,1H3. The third-order valence-electron chi connectivity index (χ3n) is 2.65. The molecule has 0 bridgehead atoms. The van der Waals surface area contributed by atoms with Gasteiger partial charge in [0.1, 0.15) is 0 Å². The molecule has 2 aromatic rings. The highest BCUT2D eigenvalue weighted by atomic mass is 16.5. The first kappa shape index (κ1) is 12.7. The van der Waals surface area contributed by atoms with Crippen molar-refractivity contribution in [1.29, 1.82) is 0 Å². The number of benzene rings is 1. The molecule has 0 saturated carbocycles. The summed E-state index contributed by atoms with van der Waals surface area (Å²) < 4.78 is 5.24. The maximum Gasteiger partial charge on any atom is 0.241 e. The molecule has 0 radical (unpaired) electrons. The first-order valence-electron chi connectivity index (χ1n) is 6.06. The van der Waals surface area contributed by atoms with Crippen molar-refractivity contribution in [3.05, 3.63) is 36.2 Å². The first-order chi connectivity index (χ1) is 8.79. The van der Waals surface area contributed by atoms with Gasteiger partial charge in [-0.2, -0.15) is 4.98 Å². The minimum atomic E-state index is 0.633. The Bertz CT molecular complexity index is 469. The summed E-state index contributed by atoms with van der Waals surface area (Å²) in [4.78, 5) is 6.50. The molecule has 0 saturated heterocycles. The number of hydrogen-bond acceptors (Lipinski definition) is 5. The highest BCUT2D eigenvalue weighted by Crippen LogP contribution is 2.15. The van der Waals surface area contributed by atoms with E-state index >= 15 is 0 Å². The van der Waals surface area contributed by atoms with Crippen molar-refractivity contribution in [3.63, 3.8) is 0 Å². The molecular weight excluding hydrogens is 228 g/mol. The summed E-state index contributed by atoms with van der Waals surface area (Å²) in [6.07, 6.45) is 0.968. The summed E-state index contributed by atoms with van der Waals surface area (Å²) in [6, 6.07) is 9.81. The van der Waals surface area contributed by atoms with Gasteiger partial charge in [0, 0.05) is 5.56 Å². The summed E-state index contributed by atoms with van der Waals surface area (Å²) in [5.41, 5.74) is 6.44. The number of hydrogen-bond donors (Lipinski definition) is 1. The third kappa shape index (κ3) is 3.38. The quantitative estimate of drug-likeness (QED) is 0.837. The Balaban J connectivity index is 1.98. The second-order valence-corrected chi connectivity index (χ2v) is 4.26. The lowest BCUT2D eigenvalue weighted by Gasteiger charge is -2.12. The van der Waals surface area contributed by atoms with Crippen LogP contribution in [-0.4, -0.2) is 35.2 Å². The van der Waals surface area contributed by atoms with Crippen LogP contribution in [0.5, 0.6) is 0 Å². The summed E-state index contributed by atoms with van der Waals surface area (Å²) >= 11 is 0. The van der Waals surface area contributed by atoms with Gasteiger partial charge in [0.15, 0.2) is 0 Å². The van der Waals surface area contributed by atoms with Crippen LogP contribution in [0, 0.1) is 0 Å². The summed E-state index contributed by atoms with van der Waals surface area (Å²) in [6.45, 7) is 2.28. The van der Waals surface area contributed by atoms with Crippen LogP contribution < -0.4 is 5.73 Å². The Morgan fingerprint density at radius 1 is 1.28 bits per heavy atom. The molecule has 96 valence electrons. The van der Waals surface area contributed by atoms with Gasteiger partial charge in [0.25, 0.3) is 0 Å². The smallest absolute Gasteiger partial charge is 0.241 e. The lowest BCUT2D eigenvalue weighted by Crippen LogP contribution is -2.21. The molecule has 0 amide bonds. The van der Waals surface area contributed by atoms with Gasteiger partial charge in [-0.25, -0.2) is 0 Å². The molecule has 0 aliphatic carbocycles. The van der Waals surface area contributed by atoms with E-state index in [1.165, 1.54) is 0 Å². The molecule has 5 heteroatoms. The van der Waals surface area contributed by atoms with Gasteiger partial charge in [-0.3, -0.25) is 4.90 Å². The lowest BCUT2D eigenvalue weighted by molar-refractivity contribution is 0.265. The van der Waals surface area contributed by atoms with E-state index in [0.717, 1.165) is 18.5 Å². The van der Waals surface area contributed by atoms with Crippen LogP contribution in [0.25, 0.3) is 11.4 Å². The highest BCUT2D eigenvalue weighted by Gasteiger charge is 2.09. The normalized spacial score (nSPS) is 11.1. The summed E-state index contributed by atoms with van der Waals surface area (Å²) in [7, 11) is 2.02. The van der Waals surface area contributed by atoms with E-state index < -0.39 is 0 Å². The van der Waals surface area contributed by atoms with E-state index in [-0.39, 0.29) is 0 Å². The fourth-order valence-electron chi connectivity index (χ4n) is 1.69. The van der Waals surface area contributed by atoms with E-state index in [0.29, 0.717) is 24.8 Å². The molecule has 5 nitrogen and oxygen atoms in total. The van der Waals surface area contributed by atoms with Crippen LogP contribution in [0.15, 0.2) is 34.9 Å². The highest BCUT2D eigenvalue weighted by molar-refractivity contribution is 5.53. The first-order valence-corrected chi connectivity index (χ1v) is 6.06. The number of nitrogens with two attached hydrogens (primary N) is 1. The SMILES string of the molecule is CN(CCCN)Cc1nc(-c2ccccc2)no1. The largest absolute Gasteiger partial charge is 0.338 e. The van der Waals surface area contributed by atoms with Gasteiger partial charge >= 0.3 is 0 Å². The van der Waals surface area contributed by atoms with Crippen LogP contribution >= 0.6 is 0 Å². The Labute approximate surface area is 107 Å². The Hall–Kier alpha value is -1.72. The van der Waals surface area contributed by atoms with E-state index in [1.54, 1.807) is 0 Å². The molecule has 1 heterocycles. The monoisotopic (exact) mass is 246 g/mol. The number of nitrogens with zero attached hydrogens (tertiary/aromatic N) is 3. The Morgan fingerprint density at radius 3 is 2.78 bits per heavy atom. The van der Waals surface area contributed by atoms with Gasteiger partial charge in [-0.1, -0.05) is 35.5 Å². The van der Waals surface area contributed by atoms with E-state index in [9.17, 15) is 0 Å². The topological polar surface area (TPSA) is 68.2 Å². The second kappa shape index (κ2) is 6.28. The van der Waals surface area contributed by atoms with Crippen LogP contribution in [0.4, 0.5) is 0 Å². The van der Waals surface area contributed by atoms with Crippen LogP contribution in [0.1, 0.15) is 12.3 Å². The minimum absolute atomic E-state index is 0.633. The predicted octanol–water partition coefficient (Wildman–Crippen LogP) is 1.52. The molecule has 2 rings (SSSR count). The second-order valence-electron chi connectivity index (χ2n) is 4.26. The van der Waals surface area contributed by atoms with Gasteiger partial charge in [-0.05, 0) is 26.6 Å². The molecule has 0 spiro atoms. The maximum atomic E-state index is 5.47. The predicted molar refractivity (Wildman–Crippen MR) is 69.7 cm³/mol. The zero-order valence-electron chi connectivity index (χ0n) is 10.5. The van der Waals surface area contributed by atoms with Crippen molar-refractivity contribution in [1.82, 2.24) is 15.0 Å². The molecule has 0 aliphatic rings. The zero-order valence-corrected chi connectivity index (χ0v) is 10.5. The van der Waals surface area contributed by atoms with E-state index in [2.05, 4.69) is 15.0 Å². The minimum Gasteiger partial charge on any atom is -0.338 e. The molecule has 1 aromatic carbocycles. The number of aromatic nitrogens is 2. The molecule has 0 atom stereocenters. The van der Waals surface area contributed by atoms with E-state index in [4.69, 9.17) is 10.3 Å². The molecule has 0 fully saturated rings. The van der Waals surface area contributed by atoms with Crippen molar-refractivity contribution in [2.24, 2.45) is 5.73 Å². The fourth-order valence-corrected chi connectivity index (χ4v) is 1.69. The van der Waals surface area contributed by atoms with Crippen LogP contribution in [0.3, 0.4) is 0 Å². The third-order valence-corrected chi connectivity index (χ3v) is 2.65. The van der Waals surface area contributed by atoms with Crippen molar-refractivity contribution < 1.29 is 4.52 Å². The number of rotatable bonds is 6. The molecule has 2 N–H and O–H groups in total. The molecule has 0 unspecified atom stereocenters. The van der Waals surface area contributed by atoms with Crippen LogP contribution in [0.2, 0.25) is 0 Å². The fraction of sp³-hybridized carbons (Fsp3) is 0.385. The Kier molecular flexibility index (Phi) is 4.44. The zero-order chi connectivity index (χ0) is 12.8. The van der Waals surface area contributed by atoms with Crippen molar-refractivity contribution >= 4 is 0 Å². The van der Waals surface area contributed by atoms with Crippen molar-refractivity contribution in [3.8, 4) is 11.4 Å². The van der Waals surface area contributed by atoms with Crippen molar-refractivity contribution in [2.75, 3.05) is 20.1 Å². The molecule has 1 aromatic heterocycles. The average molecular weight is 246 g/mol. The lowest BCUT2D eigenvalue weighted by atomic mass is 10.2. The summed E-state index contributed by atoms with van der Waals surface area (Å²) in [5, 5.41) is 3.98. The van der Waals surface area contributed by atoms with Crippen molar-refractivity contribution in [2.45, 2.75) is 13.0 Å². The average Bonchev–Trinajstić information content (AvgIpc) is 2.86. The molecule has 0 aliphatic heterocycles. The molecule has 18 heavy (non-hydrogen) atoms. The van der Waals surface area contributed by atoms with E-state index in [1.807, 2.05) is 37.4 Å². The van der Waals surface area contributed by atoms with Gasteiger partial charge < -0.3 is 10.3 Å². The summed E-state index contributed by atoms with van der Waals surface area (Å²) in [5.74, 6) is 1.27. The Morgan fingerprint density at radius 2 is 2.06 bits per heavy atom. The van der Waals surface area contributed by atoms with Crippen LogP contribution in [-0.2, 0) is 6.54 Å². The maximum absolute atomic E-state index is 5.47. The van der Waals surface area contributed by atoms with Gasteiger partial charge in [-0.15, -0.1) is 0 Å².